The molecule has 0 atom stereocenters. The van der Waals surface area contributed by atoms with Crippen molar-refractivity contribution in [3.8, 4) is 5.75 Å². The summed E-state index contributed by atoms with van der Waals surface area (Å²) in [5.74, 6) is 0.0755. The molecule has 0 aromatic heterocycles. The van der Waals surface area contributed by atoms with Crippen LogP contribution in [-0.4, -0.2) is 41.6 Å². The predicted molar refractivity (Wildman–Crippen MR) is 103 cm³/mol. The van der Waals surface area contributed by atoms with Crippen LogP contribution in [0.25, 0.3) is 0 Å². The van der Waals surface area contributed by atoms with Crippen LogP contribution in [0.4, 0.5) is 0 Å². The van der Waals surface area contributed by atoms with Gasteiger partial charge in [-0.2, -0.15) is 0 Å². The molecule has 1 fully saturated rings. The number of nitrogens with zero attached hydrogens (tertiary/aromatic N) is 1. The van der Waals surface area contributed by atoms with Gasteiger partial charge in [-0.3, -0.25) is 4.79 Å². The van der Waals surface area contributed by atoms with Gasteiger partial charge in [0.1, 0.15) is 5.75 Å². The number of piperidine rings is 1. The van der Waals surface area contributed by atoms with E-state index in [1.807, 2.05) is 17.0 Å². The number of hydrogen-bond donors (Lipinski definition) is 1. The van der Waals surface area contributed by atoms with Crippen LogP contribution in [0.5, 0.6) is 5.75 Å². The number of carboxylic acid groups (broad SMARTS) is 1. The molecule has 1 aliphatic heterocycles. The topological polar surface area (TPSA) is 66.8 Å². The molecule has 1 heterocycles. The van der Waals surface area contributed by atoms with Gasteiger partial charge in [0, 0.05) is 18.1 Å². The number of ether oxygens (including phenoxy) is 1. The Kier molecular flexibility index (Phi) is 6.35. The van der Waals surface area contributed by atoms with Crippen LogP contribution in [0.2, 0.25) is 5.02 Å². The Bertz CT molecular complexity index is 798. The number of amides is 1. The second kappa shape index (κ2) is 8.91. The molecule has 0 saturated carbocycles. The Balaban J connectivity index is 1.48. The van der Waals surface area contributed by atoms with Crippen molar-refractivity contribution in [2.75, 3.05) is 19.7 Å². The second-order valence-corrected chi connectivity index (χ2v) is 7.17. The lowest BCUT2D eigenvalue weighted by Crippen LogP contribution is -2.41. The lowest BCUT2D eigenvalue weighted by atomic mass is 9.88. The molecular weight excluding hydrogens is 366 g/mol. The minimum atomic E-state index is -0.891. The quantitative estimate of drug-likeness (QED) is 0.816. The van der Waals surface area contributed by atoms with Crippen LogP contribution in [0.1, 0.15) is 28.8 Å². The standard InChI is InChI=1S/C21H22ClNO4/c22-17-5-7-18(8-6-17)27-14-20(24)23-11-9-15(10-12-23)13-16-3-1-2-4-19(16)21(25)26/h1-8,15H,9-14H2,(H,25,26). The number of hydrogen-bond acceptors (Lipinski definition) is 3. The Morgan fingerprint density at radius 1 is 1.07 bits per heavy atom. The number of benzene rings is 2. The summed E-state index contributed by atoms with van der Waals surface area (Å²) >= 11 is 5.83. The molecule has 2 aromatic rings. The Morgan fingerprint density at radius 3 is 2.41 bits per heavy atom. The van der Waals surface area contributed by atoms with Gasteiger partial charge in [0.05, 0.1) is 5.56 Å². The third kappa shape index (κ3) is 5.23. The maximum Gasteiger partial charge on any atom is 0.335 e. The van der Waals surface area contributed by atoms with Crippen LogP contribution in [0.15, 0.2) is 48.5 Å². The first-order valence-electron chi connectivity index (χ1n) is 9.00. The molecule has 1 saturated heterocycles. The van der Waals surface area contributed by atoms with Gasteiger partial charge < -0.3 is 14.7 Å². The molecular formula is C21H22ClNO4. The van der Waals surface area contributed by atoms with E-state index < -0.39 is 5.97 Å². The monoisotopic (exact) mass is 387 g/mol. The maximum absolute atomic E-state index is 12.3. The highest BCUT2D eigenvalue weighted by molar-refractivity contribution is 6.30. The molecule has 1 N–H and O–H groups in total. The van der Waals surface area contributed by atoms with Crippen molar-refractivity contribution in [1.29, 1.82) is 0 Å². The Hall–Kier alpha value is -2.53. The molecule has 0 spiro atoms. The summed E-state index contributed by atoms with van der Waals surface area (Å²) in [4.78, 5) is 25.5. The molecule has 5 nitrogen and oxygen atoms in total. The lowest BCUT2D eigenvalue weighted by Gasteiger charge is -2.32. The number of rotatable bonds is 6. The molecule has 2 aromatic carbocycles. The average molecular weight is 388 g/mol. The van der Waals surface area contributed by atoms with Crippen molar-refractivity contribution in [2.24, 2.45) is 5.92 Å². The minimum Gasteiger partial charge on any atom is -0.484 e. The van der Waals surface area contributed by atoms with Crippen LogP contribution in [0, 0.1) is 5.92 Å². The fourth-order valence-electron chi connectivity index (χ4n) is 3.37. The maximum atomic E-state index is 12.3. The zero-order chi connectivity index (χ0) is 19.2. The first-order chi connectivity index (χ1) is 13.0. The number of carboxylic acids is 1. The van der Waals surface area contributed by atoms with Crippen molar-refractivity contribution >= 4 is 23.5 Å². The number of aromatic carboxylic acids is 1. The van der Waals surface area contributed by atoms with E-state index in [4.69, 9.17) is 16.3 Å². The van der Waals surface area contributed by atoms with Crippen molar-refractivity contribution < 1.29 is 19.4 Å². The van der Waals surface area contributed by atoms with E-state index in [2.05, 4.69) is 0 Å². The molecule has 1 amide bonds. The van der Waals surface area contributed by atoms with Gasteiger partial charge in [0.15, 0.2) is 6.61 Å². The van der Waals surface area contributed by atoms with E-state index in [1.165, 1.54) is 0 Å². The molecule has 6 heteroatoms. The van der Waals surface area contributed by atoms with E-state index in [-0.39, 0.29) is 12.5 Å². The van der Waals surface area contributed by atoms with Crippen molar-refractivity contribution in [3.05, 3.63) is 64.7 Å². The van der Waals surface area contributed by atoms with Gasteiger partial charge >= 0.3 is 5.97 Å². The molecule has 142 valence electrons. The molecule has 1 aliphatic rings. The second-order valence-electron chi connectivity index (χ2n) is 6.73. The first-order valence-corrected chi connectivity index (χ1v) is 9.38. The fourth-order valence-corrected chi connectivity index (χ4v) is 3.50. The number of halogens is 1. The summed E-state index contributed by atoms with van der Waals surface area (Å²) in [6.07, 6.45) is 2.45. The summed E-state index contributed by atoms with van der Waals surface area (Å²) in [5, 5.41) is 9.93. The van der Waals surface area contributed by atoms with E-state index in [0.29, 0.717) is 35.3 Å². The van der Waals surface area contributed by atoms with Crippen molar-refractivity contribution in [3.63, 3.8) is 0 Å². The summed E-state index contributed by atoms with van der Waals surface area (Å²) in [5.41, 5.74) is 1.23. The Morgan fingerprint density at radius 2 is 1.74 bits per heavy atom. The van der Waals surface area contributed by atoms with Crippen molar-refractivity contribution in [2.45, 2.75) is 19.3 Å². The Labute approximate surface area is 163 Å². The summed E-state index contributed by atoms with van der Waals surface area (Å²) in [7, 11) is 0. The van der Waals surface area contributed by atoms with Gasteiger partial charge in [-0.05, 0) is 61.1 Å². The fraction of sp³-hybridized carbons (Fsp3) is 0.333. The normalized spacial score (nSPS) is 14.8. The number of carbonyl (C=O) groups excluding carboxylic acids is 1. The summed E-state index contributed by atoms with van der Waals surface area (Å²) in [6.45, 7) is 1.35. The number of carbonyl (C=O) groups is 2. The smallest absolute Gasteiger partial charge is 0.335 e. The molecule has 0 radical (unpaired) electrons. The lowest BCUT2D eigenvalue weighted by molar-refractivity contribution is -0.134. The minimum absolute atomic E-state index is 0.00808. The molecule has 3 rings (SSSR count). The van der Waals surface area contributed by atoms with Gasteiger partial charge in [-0.15, -0.1) is 0 Å². The van der Waals surface area contributed by atoms with Gasteiger partial charge in [-0.1, -0.05) is 29.8 Å². The zero-order valence-electron chi connectivity index (χ0n) is 14.9. The van der Waals surface area contributed by atoms with Crippen LogP contribution < -0.4 is 4.74 Å². The third-order valence-corrected chi connectivity index (χ3v) is 5.15. The SMILES string of the molecule is O=C(O)c1ccccc1CC1CCN(C(=O)COc2ccc(Cl)cc2)CC1. The highest BCUT2D eigenvalue weighted by atomic mass is 35.5. The molecule has 0 bridgehead atoms. The summed E-state index contributed by atoms with van der Waals surface area (Å²) in [6, 6.07) is 14.1. The molecule has 0 aliphatic carbocycles. The highest BCUT2D eigenvalue weighted by Gasteiger charge is 2.24. The number of likely N-dealkylation sites (tertiary alicyclic amines) is 1. The van der Waals surface area contributed by atoms with Crippen LogP contribution in [-0.2, 0) is 11.2 Å². The van der Waals surface area contributed by atoms with Crippen molar-refractivity contribution in [1.82, 2.24) is 4.90 Å². The molecule has 27 heavy (non-hydrogen) atoms. The summed E-state index contributed by atoms with van der Waals surface area (Å²) < 4.78 is 5.53. The van der Waals surface area contributed by atoms with E-state index in [0.717, 1.165) is 24.8 Å². The zero-order valence-corrected chi connectivity index (χ0v) is 15.7. The average Bonchev–Trinajstić information content (AvgIpc) is 2.68. The van der Waals surface area contributed by atoms with E-state index in [1.54, 1.807) is 36.4 Å². The predicted octanol–water partition coefficient (Wildman–Crippen LogP) is 3.90. The third-order valence-electron chi connectivity index (χ3n) is 4.90. The first kappa shape index (κ1) is 19.2. The van der Waals surface area contributed by atoms with Gasteiger partial charge in [0.2, 0.25) is 0 Å². The van der Waals surface area contributed by atoms with E-state index >= 15 is 0 Å². The van der Waals surface area contributed by atoms with Crippen LogP contribution >= 0.6 is 11.6 Å². The largest absolute Gasteiger partial charge is 0.484 e. The van der Waals surface area contributed by atoms with Crippen LogP contribution in [0.3, 0.4) is 0 Å². The highest BCUT2D eigenvalue weighted by Crippen LogP contribution is 2.24. The van der Waals surface area contributed by atoms with Gasteiger partial charge in [0.25, 0.3) is 5.91 Å². The van der Waals surface area contributed by atoms with E-state index in [9.17, 15) is 14.7 Å². The van der Waals surface area contributed by atoms with Gasteiger partial charge in [-0.25, -0.2) is 4.79 Å². The molecule has 0 unspecified atom stereocenters.